The smallest absolute Gasteiger partial charge is 0.272 e. The van der Waals surface area contributed by atoms with Gasteiger partial charge in [-0.1, -0.05) is 12.1 Å². The van der Waals surface area contributed by atoms with Crippen LogP contribution in [0, 0.1) is 17.0 Å². The van der Waals surface area contributed by atoms with Crippen molar-refractivity contribution in [2.24, 2.45) is 0 Å². The SMILES string of the molecule is Cc1c(CNc2cncc(Br)c2)cccc1[N+](=O)[O-]. The topological polar surface area (TPSA) is 68.1 Å². The zero-order chi connectivity index (χ0) is 13.8. The Morgan fingerprint density at radius 3 is 2.89 bits per heavy atom. The second-order valence-electron chi connectivity index (χ2n) is 4.06. The first-order valence-electron chi connectivity index (χ1n) is 5.65. The van der Waals surface area contributed by atoms with Gasteiger partial charge in [-0.05, 0) is 34.5 Å². The molecule has 1 aromatic carbocycles. The van der Waals surface area contributed by atoms with Gasteiger partial charge < -0.3 is 5.32 Å². The molecule has 0 atom stereocenters. The van der Waals surface area contributed by atoms with Gasteiger partial charge in [0.25, 0.3) is 5.69 Å². The van der Waals surface area contributed by atoms with Crippen LogP contribution in [-0.2, 0) is 6.54 Å². The van der Waals surface area contributed by atoms with Crippen LogP contribution in [0.25, 0.3) is 0 Å². The van der Waals surface area contributed by atoms with Gasteiger partial charge in [-0.3, -0.25) is 15.1 Å². The number of nitro groups is 1. The lowest BCUT2D eigenvalue weighted by Gasteiger charge is -2.09. The standard InChI is InChI=1S/C13H12BrN3O2/c1-9-10(3-2-4-13(9)17(18)19)6-16-12-5-11(14)7-15-8-12/h2-5,7-8,16H,6H2,1H3. The van der Waals surface area contributed by atoms with E-state index in [2.05, 4.69) is 26.2 Å². The Hall–Kier alpha value is -1.95. The summed E-state index contributed by atoms with van der Waals surface area (Å²) in [6.45, 7) is 2.28. The van der Waals surface area contributed by atoms with E-state index in [1.54, 1.807) is 25.4 Å². The number of nitrogens with one attached hydrogen (secondary N) is 1. The lowest BCUT2D eigenvalue weighted by Crippen LogP contribution is -2.03. The highest BCUT2D eigenvalue weighted by Crippen LogP contribution is 2.22. The highest BCUT2D eigenvalue weighted by molar-refractivity contribution is 9.10. The van der Waals surface area contributed by atoms with Crippen LogP contribution in [0.5, 0.6) is 0 Å². The number of hydrogen-bond donors (Lipinski definition) is 1. The highest BCUT2D eigenvalue weighted by Gasteiger charge is 2.12. The summed E-state index contributed by atoms with van der Waals surface area (Å²) in [5, 5.41) is 14.1. The summed E-state index contributed by atoms with van der Waals surface area (Å²) in [4.78, 5) is 14.5. The van der Waals surface area contributed by atoms with Crippen LogP contribution in [0.3, 0.4) is 0 Å². The molecule has 19 heavy (non-hydrogen) atoms. The van der Waals surface area contributed by atoms with E-state index in [9.17, 15) is 10.1 Å². The summed E-state index contributed by atoms with van der Waals surface area (Å²) in [5.41, 5.74) is 2.59. The molecule has 1 N–H and O–H groups in total. The predicted molar refractivity (Wildman–Crippen MR) is 77.1 cm³/mol. The third-order valence-electron chi connectivity index (χ3n) is 2.80. The van der Waals surface area contributed by atoms with Crippen LogP contribution < -0.4 is 5.32 Å². The number of hydrogen-bond acceptors (Lipinski definition) is 4. The number of halogens is 1. The van der Waals surface area contributed by atoms with Crippen molar-refractivity contribution in [3.05, 3.63) is 62.4 Å². The monoisotopic (exact) mass is 321 g/mol. The minimum absolute atomic E-state index is 0.145. The van der Waals surface area contributed by atoms with E-state index in [1.807, 2.05) is 12.1 Å². The molecule has 2 aromatic rings. The highest BCUT2D eigenvalue weighted by atomic mass is 79.9. The van der Waals surface area contributed by atoms with Crippen LogP contribution in [-0.4, -0.2) is 9.91 Å². The third-order valence-corrected chi connectivity index (χ3v) is 3.24. The van der Waals surface area contributed by atoms with Gasteiger partial charge in [0.05, 0.1) is 16.8 Å². The summed E-state index contributed by atoms with van der Waals surface area (Å²) in [6.07, 6.45) is 3.40. The van der Waals surface area contributed by atoms with E-state index in [0.29, 0.717) is 12.1 Å². The average molecular weight is 322 g/mol. The average Bonchev–Trinajstić information content (AvgIpc) is 2.37. The molecule has 98 valence electrons. The molecule has 6 heteroatoms. The Bertz CT molecular complexity index is 617. The summed E-state index contributed by atoms with van der Waals surface area (Å²) < 4.78 is 0.883. The van der Waals surface area contributed by atoms with Gasteiger partial charge in [-0.15, -0.1) is 0 Å². The first-order valence-corrected chi connectivity index (χ1v) is 6.44. The molecule has 0 amide bonds. The molecular weight excluding hydrogens is 310 g/mol. The lowest BCUT2D eigenvalue weighted by molar-refractivity contribution is -0.385. The zero-order valence-corrected chi connectivity index (χ0v) is 11.8. The first-order chi connectivity index (χ1) is 9.08. The van der Waals surface area contributed by atoms with Crippen molar-refractivity contribution >= 4 is 27.3 Å². The summed E-state index contributed by atoms with van der Waals surface area (Å²) >= 11 is 3.34. The van der Waals surface area contributed by atoms with Crippen LogP contribution in [0.15, 0.2) is 41.1 Å². The van der Waals surface area contributed by atoms with Crippen molar-refractivity contribution < 1.29 is 4.92 Å². The van der Waals surface area contributed by atoms with Crippen LogP contribution in [0.2, 0.25) is 0 Å². The molecule has 0 saturated heterocycles. The van der Waals surface area contributed by atoms with Crippen molar-refractivity contribution in [2.45, 2.75) is 13.5 Å². The molecule has 0 spiro atoms. The quantitative estimate of drug-likeness (QED) is 0.689. The van der Waals surface area contributed by atoms with Crippen molar-refractivity contribution in [3.63, 3.8) is 0 Å². The minimum Gasteiger partial charge on any atom is -0.380 e. The summed E-state index contributed by atoms with van der Waals surface area (Å²) in [6, 6.07) is 6.99. The third kappa shape index (κ3) is 3.29. The number of rotatable bonds is 4. The maximum absolute atomic E-state index is 10.9. The molecule has 2 rings (SSSR count). The van der Waals surface area contributed by atoms with Gasteiger partial charge >= 0.3 is 0 Å². The fourth-order valence-corrected chi connectivity index (χ4v) is 2.13. The number of nitrogens with zero attached hydrogens (tertiary/aromatic N) is 2. The van der Waals surface area contributed by atoms with E-state index in [1.165, 1.54) is 6.07 Å². The predicted octanol–water partition coefficient (Wildman–Crippen LogP) is 3.67. The van der Waals surface area contributed by atoms with Crippen LogP contribution in [0.4, 0.5) is 11.4 Å². The molecule has 0 aliphatic carbocycles. The Labute approximate surface area is 119 Å². The number of aromatic nitrogens is 1. The molecule has 0 radical (unpaired) electrons. The Kier molecular flexibility index (Phi) is 4.11. The van der Waals surface area contributed by atoms with Gasteiger partial charge in [0, 0.05) is 28.8 Å². The van der Waals surface area contributed by atoms with E-state index in [0.717, 1.165) is 15.7 Å². The maximum atomic E-state index is 10.9. The number of anilines is 1. The molecule has 0 fully saturated rings. The number of nitro benzene ring substituents is 1. The fourth-order valence-electron chi connectivity index (χ4n) is 1.77. The summed E-state index contributed by atoms with van der Waals surface area (Å²) in [5.74, 6) is 0. The molecule has 0 aliphatic rings. The van der Waals surface area contributed by atoms with Gasteiger partial charge in [0.15, 0.2) is 0 Å². The van der Waals surface area contributed by atoms with E-state index >= 15 is 0 Å². The molecule has 5 nitrogen and oxygen atoms in total. The molecule has 0 unspecified atom stereocenters. The van der Waals surface area contributed by atoms with Crippen molar-refractivity contribution in [2.75, 3.05) is 5.32 Å². The van der Waals surface area contributed by atoms with E-state index < -0.39 is 0 Å². The fraction of sp³-hybridized carbons (Fsp3) is 0.154. The normalized spacial score (nSPS) is 10.2. The molecule has 0 aliphatic heterocycles. The first kappa shape index (κ1) is 13.5. The molecule has 1 aromatic heterocycles. The largest absolute Gasteiger partial charge is 0.380 e. The summed E-state index contributed by atoms with van der Waals surface area (Å²) in [7, 11) is 0. The van der Waals surface area contributed by atoms with Gasteiger partial charge in [-0.25, -0.2) is 0 Å². The van der Waals surface area contributed by atoms with E-state index in [4.69, 9.17) is 0 Å². The minimum atomic E-state index is -0.362. The molecule has 1 heterocycles. The lowest BCUT2D eigenvalue weighted by atomic mass is 10.1. The number of pyridine rings is 1. The maximum Gasteiger partial charge on any atom is 0.272 e. The number of benzene rings is 1. The second-order valence-corrected chi connectivity index (χ2v) is 4.98. The molecular formula is C13H12BrN3O2. The Morgan fingerprint density at radius 2 is 2.21 bits per heavy atom. The van der Waals surface area contributed by atoms with Crippen molar-refractivity contribution in [1.29, 1.82) is 0 Å². The second kappa shape index (κ2) is 5.79. The van der Waals surface area contributed by atoms with E-state index in [-0.39, 0.29) is 10.6 Å². The molecule has 0 bridgehead atoms. The van der Waals surface area contributed by atoms with Gasteiger partial charge in [0.2, 0.25) is 0 Å². The zero-order valence-electron chi connectivity index (χ0n) is 10.3. The van der Waals surface area contributed by atoms with Gasteiger partial charge in [-0.2, -0.15) is 0 Å². The molecule has 0 saturated carbocycles. The van der Waals surface area contributed by atoms with Crippen molar-refractivity contribution in [3.8, 4) is 0 Å². The Balaban J connectivity index is 2.16. The van der Waals surface area contributed by atoms with Crippen LogP contribution in [0.1, 0.15) is 11.1 Å². The Morgan fingerprint density at radius 1 is 1.42 bits per heavy atom. The van der Waals surface area contributed by atoms with Gasteiger partial charge in [0.1, 0.15) is 0 Å². The van der Waals surface area contributed by atoms with Crippen molar-refractivity contribution in [1.82, 2.24) is 4.98 Å². The van der Waals surface area contributed by atoms with Crippen LogP contribution >= 0.6 is 15.9 Å².